The number of rotatable bonds is 1. The quantitative estimate of drug-likeness (QED) is 0.634. The maximum Gasteiger partial charge on any atom is 0.350 e. The molecule has 8 heteroatoms. The average Bonchev–Trinajstić information content (AvgIpc) is 3.06. The molecule has 0 amide bonds. The summed E-state index contributed by atoms with van der Waals surface area (Å²) in [6.07, 6.45) is 3.80. The van der Waals surface area contributed by atoms with E-state index in [4.69, 9.17) is 0 Å². The third-order valence-corrected chi connectivity index (χ3v) is 3.33. The van der Waals surface area contributed by atoms with Crippen LogP contribution in [0.25, 0.3) is 11.4 Å². The summed E-state index contributed by atoms with van der Waals surface area (Å²) in [5, 5.41) is 10.6. The van der Waals surface area contributed by atoms with Gasteiger partial charge in [0.15, 0.2) is 5.65 Å². The highest BCUT2D eigenvalue weighted by Crippen LogP contribution is 2.21. The minimum absolute atomic E-state index is 0.295. The molecular weight excluding hydrogens is 234 g/mol. The van der Waals surface area contributed by atoms with Gasteiger partial charge >= 0.3 is 5.69 Å². The van der Waals surface area contributed by atoms with Crippen LogP contribution in [0.1, 0.15) is 12.8 Å². The third-order valence-electron chi connectivity index (χ3n) is 3.33. The number of hydrogen-bond acceptors (Lipinski definition) is 5. The molecule has 0 aromatic carbocycles. The molecule has 4 rings (SSSR count). The van der Waals surface area contributed by atoms with Crippen LogP contribution in [0.4, 0.5) is 5.82 Å². The van der Waals surface area contributed by atoms with Crippen molar-refractivity contribution in [2.75, 3.05) is 18.0 Å². The van der Waals surface area contributed by atoms with Crippen molar-refractivity contribution in [3.63, 3.8) is 0 Å². The smallest absolute Gasteiger partial charge is 0.350 e. The molecule has 0 spiro atoms. The van der Waals surface area contributed by atoms with Gasteiger partial charge < -0.3 is 4.90 Å². The summed E-state index contributed by atoms with van der Waals surface area (Å²) in [6, 6.07) is 1.87. The van der Waals surface area contributed by atoms with Crippen LogP contribution in [0.15, 0.2) is 17.2 Å². The summed E-state index contributed by atoms with van der Waals surface area (Å²) in [6.45, 7) is 2.00. The van der Waals surface area contributed by atoms with Gasteiger partial charge in [-0.1, -0.05) is 0 Å². The molecule has 4 heterocycles. The van der Waals surface area contributed by atoms with Crippen molar-refractivity contribution in [1.29, 1.82) is 0 Å². The normalized spacial score (nSPS) is 16.1. The van der Waals surface area contributed by atoms with Crippen molar-refractivity contribution in [3.05, 3.63) is 22.9 Å². The van der Waals surface area contributed by atoms with E-state index in [0.29, 0.717) is 11.4 Å². The van der Waals surface area contributed by atoms with Crippen LogP contribution in [0, 0.1) is 0 Å². The zero-order chi connectivity index (χ0) is 12.1. The molecule has 0 bridgehead atoms. The Labute approximate surface area is 101 Å². The summed E-state index contributed by atoms with van der Waals surface area (Å²) in [7, 11) is 0. The fourth-order valence-corrected chi connectivity index (χ4v) is 2.50. The minimum atomic E-state index is -0.295. The summed E-state index contributed by atoms with van der Waals surface area (Å²) >= 11 is 0. The number of aromatic nitrogens is 6. The van der Waals surface area contributed by atoms with Crippen LogP contribution in [0.5, 0.6) is 0 Å². The van der Waals surface area contributed by atoms with Crippen molar-refractivity contribution >= 4 is 17.2 Å². The first-order valence-corrected chi connectivity index (χ1v) is 5.89. The van der Waals surface area contributed by atoms with Gasteiger partial charge in [0.1, 0.15) is 12.1 Å². The molecule has 92 valence electrons. The number of aromatic amines is 1. The van der Waals surface area contributed by atoms with Gasteiger partial charge in [-0.15, -0.1) is 0 Å². The van der Waals surface area contributed by atoms with E-state index in [0.717, 1.165) is 18.9 Å². The van der Waals surface area contributed by atoms with Crippen molar-refractivity contribution in [1.82, 2.24) is 29.2 Å². The molecule has 1 N–H and O–H groups in total. The molecule has 3 aromatic rings. The van der Waals surface area contributed by atoms with Crippen LogP contribution < -0.4 is 10.6 Å². The van der Waals surface area contributed by atoms with Crippen LogP contribution in [-0.2, 0) is 0 Å². The number of nitrogens with zero attached hydrogens (tertiary/aromatic N) is 6. The Morgan fingerprint density at radius 1 is 1.28 bits per heavy atom. The van der Waals surface area contributed by atoms with Crippen LogP contribution in [0.2, 0.25) is 0 Å². The minimum Gasteiger partial charge on any atom is -0.356 e. The Kier molecular flexibility index (Phi) is 1.77. The van der Waals surface area contributed by atoms with Gasteiger partial charge in [-0.2, -0.15) is 19.7 Å². The van der Waals surface area contributed by atoms with E-state index in [2.05, 4.69) is 25.2 Å². The molecule has 1 aliphatic heterocycles. The van der Waals surface area contributed by atoms with Gasteiger partial charge in [0.05, 0.1) is 0 Å². The third kappa shape index (κ3) is 1.14. The van der Waals surface area contributed by atoms with Crippen LogP contribution in [0.3, 0.4) is 0 Å². The molecule has 1 fully saturated rings. The topological polar surface area (TPSA) is 83.6 Å². The van der Waals surface area contributed by atoms with Crippen molar-refractivity contribution in [2.45, 2.75) is 12.8 Å². The van der Waals surface area contributed by atoms with Gasteiger partial charge in [0, 0.05) is 19.2 Å². The first-order valence-electron chi connectivity index (χ1n) is 5.89. The standard InChI is InChI=1S/C10H11N7O/c18-10-14-13-7-5-8(15-3-1-2-4-15)17-9(16(7)10)11-6-12-17/h5-6H,1-4H2,(H,14,18). The van der Waals surface area contributed by atoms with Crippen molar-refractivity contribution in [3.8, 4) is 0 Å². The van der Waals surface area contributed by atoms with Crippen molar-refractivity contribution < 1.29 is 0 Å². The van der Waals surface area contributed by atoms with E-state index in [1.165, 1.54) is 23.6 Å². The molecule has 0 atom stereocenters. The van der Waals surface area contributed by atoms with E-state index in [9.17, 15) is 4.79 Å². The second-order valence-corrected chi connectivity index (χ2v) is 4.39. The van der Waals surface area contributed by atoms with Gasteiger partial charge in [-0.3, -0.25) is 0 Å². The fourth-order valence-electron chi connectivity index (χ4n) is 2.50. The van der Waals surface area contributed by atoms with Gasteiger partial charge in [-0.05, 0) is 12.8 Å². The summed E-state index contributed by atoms with van der Waals surface area (Å²) < 4.78 is 3.11. The Hall–Kier alpha value is -2.38. The molecule has 1 aliphatic rings. The summed E-state index contributed by atoms with van der Waals surface area (Å²) in [5.41, 5.74) is 0.276. The zero-order valence-corrected chi connectivity index (χ0v) is 9.57. The first kappa shape index (κ1) is 9.63. The molecule has 0 saturated carbocycles. The molecule has 0 radical (unpaired) electrons. The Morgan fingerprint density at radius 2 is 2.11 bits per heavy atom. The second-order valence-electron chi connectivity index (χ2n) is 4.39. The predicted molar refractivity (Wildman–Crippen MR) is 63.8 cm³/mol. The number of fused-ring (bicyclic) bond motifs is 3. The molecule has 3 aromatic heterocycles. The number of H-pyrrole nitrogens is 1. The van der Waals surface area contributed by atoms with E-state index in [1.54, 1.807) is 4.52 Å². The van der Waals surface area contributed by atoms with E-state index in [-0.39, 0.29) is 5.69 Å². The number of hydrogen-bond donors (Lipinski definition) is 1. The Bertz CT molecular complexity index is 776. The Balaban J connectivity index is 2.11. The Morgan fingerprint density at radius 3 is 2.94 bits per heavy atom. The fraction of sp³-hybridized carbons (Fsp3) is 0.400. The van der Waals surface area contributed by atoms with Crippen molar-refractivity contribution in [2.24, 2.45) is 0 Å². The largest absolute Gasteiger partial charge is 0.356 e. The first-order chi connectivity index (χ1) is 8.84. The average molecular weight is 245 g/mol. The molecule has 0 unspecified atom stereocenters. The lowest BCUT2D eigenvalue weighted by Crippen LogP contribution is -2.22. The molecule has 18 heavy (non-hydrogen) atoms. The monoisotopic (exact) mass is 245 g/mol. The predicted octanol–water partition coefficient (Wildman–Crippen LogP) is -0.335. The lowest BCUT2D eigenvalue weighted by molar-refractivity contribution is 0.843. The maximum atomic E-state index is 11.7. The highest BCUT2D eigenvalue weighted by Gasteiger charge is 2.19. The number of nitrogens with one attached hydrogen (secondary N) is 1. The van der Waals surface area contributed by atoms with Gasteiger partial charge in [0.2, 0.25) is 5.78 Å². The zero-order valence-electron chi connectivity index (χ0n) is 9.57. The molecule has 0 aliphatic carbocycles. The van der Waals surface area contributed by atoms with Crippen LogP contribution >= 0.6 is 0 Å². The lowest BCUT2D eigenvalue weighted by Gasteiger charge is -2.17. The van der Waals surface area contributed by atoms with Gasteiger partial charge in [0.25, 0.3) is 0 Å². The molecule has 1 saturated heterocycles. The highest BCUT2D eigenvalue weighted by molar-refractivity contribution is 5.58. The maximum absolute atomic E-state index is 11.7. The second kappa shape index (κ2) is 3.31. The van der Waals surface area contributed by atoms with E-state index >= 15 is 0 Å². The highest BCUT2D eigenvalue weighted by atomic mass is 16.1. The van der Waals surface area contributed by atoms with Crippen LogP contribution in [-0.4, -0.2) is 42.3 Å². The van der Waals surface area contributed by atoms with Gasteiger partial charge in [-0.25, -0.2) is 14.3 Å². The summed E-state index contributed by atoms with van der Waals surface area (Å²) in [4.78, 5) is 18.1. The van der Waals surface area contributed by atoms with E-state index < -0.39 is 0 Å². The molecular formula is C10H11N7O. The number of anilines is 1. The SMILES string of the molecule is O=c1[nH]nc2cc(N3CCCC3)n3ncnc3n12. The lowest BCUT2D eigenvalue weighted by atomic mass is 10.4. The summed E-state index contributed by atoms with van der Waals surface area (Å²) in [5.74, 6) is 1.43. The molecule has 8 nitrogen and oxygen atoms in total. The van der Waals surface area contributed by atoms with E-state index in [1.807, 2.05) is 6.07 Å².